The topological polar surface area (TPSA) is 84.4 Å². The Morgan fingerprint density at radius 1 is 1.30 bits per heavy atom. The van der Waals surface area contributed by atoms with E-state index in [1.807, 2.05) is 23.7 Å². The smallest absolute Gasteiger partial charge is 0.135 e. The summed E-state index contributed by atoms with van der Waals surface area (Å²) in [7, 11) is 5.39. The van der Waals surface area contributed by atoms with Crippen LogP contribution in [0.1, 0.15) is 17.7 Å². The lowest BCUT2D eigenvalue weighted by Gasteiger charge is -2.26. The number of hydrogen-bond donors (Lipinski definition) is 1. The Bertz CT molecular complexity index is 977. The molecule has 7 heteroatoms. The lowest BCUT2D eigenvalue weighted by molar-refractivity contribution is -0.0246. The molecule has 0 amide bonds. The summed E-state index contributed by atoms with van der Waals surface area (Å²) < 4.78 is 18.9. The van der Waals surface area contributed by atoms with Crippen molar-refractivity contribution in [2.24, 2.45) is 7.05 Å². The minimum atomic E-state index is -0.524. The van der Waals surface area contributed by atoms with Gasteiger partial charge in [0.2, 0.25) is 0 Å². The van der Waals surface area contributed by atoms with E-state index in [1.54, 1.807) is 20.4 Å². The number of pyridine rings is 2. The van der Waals surface area contributed by atoms with Gasteiger partial charge in [-0.25, -0.2) is 9.97 Å². The van der Waals surface area contributed by atoms with Crippen LogP contribution in [0.25, 0.3) is 22.2 Å². The van der Waals surface area contributed by atoms with Gasteiger partial charge in [-0.3, -0.25) is 0 Å². The number of anilines is 1. The summed E-state index contributed by atoms with van der Waals surface area (Å²) in [5.74, 6) is 0.487. The summed E-state index contributed by atoms with van der Waals surface area (Å²) in [6, 6.07) is 5.99. The van der Waals surface area contributed by atoms with Crippen LogP contribution < -0.4 is 5.73 Å². The maximum Gasteiger partial charge on any atom is 0.135 e. The van der Waals surface area contributed by atoms with E-state index in [0.29, 0.717) is 25.6 Å². The molecule has 1 saturated heterocycles. The molecule has 7 nitrogen and oxygen atoms in total. The Labute approximate surface area is 158 Å². The summed E-state index contributed by atoms with van der Waals surface area (Å²) in [6.07, 6.45) is 4.62. The fourth-order valence-corrected chi connectivity index (χ4v) is 3.72. The van der Waals surface area contributed by atoms with Crippen molar-refractivity contribution in [1.82, 2.24) is 14.5 Å². The highest BCUT2D eigenvalue weighted by atomic mass is 16.5. The minimum Gasteiger partial charge on any atom is -0.384 e. The van der Waals surface area contributed by atoms with Gasteiger partial charge in [0.25, 0.3) is 0 Å². The number of hydrogen-bond acceptors (Lipinski definition) is 6. The first-order valence-corrected chi connectivity index (χ1v) is 8.90. The quantitative estimate of drug-likeness (QED) is 0.745. The Morgan fingerprint density at radius 2 is 2.15 bits per heavy atom. The summed E-state index contributed by atoms with van der Waals surface area (Å²) in [5.41, 5.74) is 10.2. The maximum absolute atomic E-state index is 5.93. The fourth-order valence-electron chi connectivity index (χ4n) is 3.72. The first-order chi connectivity index (χ1) is 13.1. The van der Waals surface area contributed by atoms with Crippen molar-refractivity contribution in [2.75, 3.05) is 33.2 Å². The van der Waals surface area contributed by atoms with Crippen LogP contribution in [0.5, 0.6) is 0 Å². The van der Waals surface area contributed by atoms with E-state index in [1.165, 1.54) is 0 Å². The highest BCUT2D eigenvalue weighted by molar-refractivity contribution is 5.96. The average molecular weight is 368 g/mol. The number of nitrogens with two attached hydrogens (primary N) is 1. The average Bonchev–Trinajstić information content (AvgIpc) is 3.27. The molecule has 1 fully saturated rings. The molecule has 0 bridgehead atoms. The van der Waals surface area contributed by atoms with E-state index in [9.17, 15) is 0 Å². The molecule has 1 atom stereocenters. The van der Waals surface area contributed by atoms with Crippen LogP contribution in [0.2, 0.25) is 0 Å². The lowest BCUT2D eigenvalue weighted by Crippen LogP contribution is -2.30. The van der Waals surface area contributed by atoms with Gasteiger partial charge in [0, 0.05) is 51.4 Å². The Hall–Kier alpha value is -2.48. The number of methoxy groups -OCH3 is 2. The molecule has 4 rings (SSSR count). The van der Waals surface area contributed by atoms with Crippen LogP contribution >= 0.6 is 0 Å². The molecule has 3 aromatic rings. The molecule has 0 aliphatic carbocycles. The Balaban J connectivity index is 1.92. The normalized spacial score (nSPS) is 19.8. The highest BCUT2D eigenvalue weighted by Crippen LogP contribution is 2.36. The van der Waals surface area contributed by atoms with E-state index >= 15 is 0 Å². The SMILES string of the molecule is COCc1cc(-c2cn(C)c3cnc(N)cc23)nc(C2(OC)CCOC2)c1. The number of fused-ring (bicyclic) bond motifs is 1. The third kappa shape index (κ3) is 3.07. The van der Waals surface area contributed by atoms with Crippen LogP contribution in [0.15, 0.2) is 30.6 Å². The zero-order valence-corrected chi connectivity index (χ0v) is 15.9. The lowest BCUT2D eigenvalue weighted by atomic mass is 9.95. The second-order valence-corrected chi connectivity index (χ2v) is 6.96. The number of nitrogen functional groups attached to an aromatic ring is 1. The zero-order chi connectivity index (χ0) is 19.0. The number of rotatable bonds is 5. The van der Waals surface area contributed by atoms with Gasteiger partial charge in [-0.1, -0.05) is 0 Å². The van der Waals surface area contributed by atoms with Gasteiger partial charge in [-0.15, -0.1) is 0 Å². The van der Waals surface area contributed by atoms with Crippen LogP contribution in [-0.2, 0) is 33.5 Å². The molecular formula is C20H24N4O3. The number of nitrogens with zero attached hydrogens (tertiary/aromatic N) is 3. The van der Waals surface area contributed by atoms with Crippen molar-refractivity contribution in [3.63, 3.8) is 0 Å². The van der Waals surface area contributed by atoms with Gasteiger partial charge in [-0.2, -0.15) is 0 Å². The van der Waals surface area contributed by atoms with Gasteiger partial charge in [0.15, 0.2) is 0 Å². The van der Waals surface area contributed by atoms with Crippen LogP contribution in [-0.4, -0.2) is 42.0 Å². The monoisotopic (exact) mass is 368 g/mol. The van der Waals surface area contributed by atoms with Crippen molar-refractivity contribution in [3.05, 3.63) is 41.9 Å². The Kier molecular flexibility index (Phi) is 4.59. The van der Waals surface area contributed by atoms with Crippen molar-refractivity contribution >= 4 is 16.7 Å². The second-order valence-electron chi connectivity index (χ2n) is 6.96. The van der Waals surface area contributed by atoms with E-state index < -0.39 is 5.60 Å². The van der Waals surface area contributed by atoms with Crippen molar-refractivity contribution in [2.45, 2.75) is 18.6 Å². The number of ether oxygens (including phenoxy) is 3. The van der Waals surface area contributed by atoms with Gasteiger partial charge >= 0.3 is 0 Å². The first-order valence-electron chi connectivity index (χ1n) is 8.90. The summed E-state index contributed by atoms with van der Waals surface area (Å²) in [6.45, 7) is 1.66. The van der Waals surface area contributed by atoms with E-state index in [-0.39, 0.29) is 0 Å². The molecule has 0 saturated carbocycles. The van der Waals surface area contributed by atoms with Gasteiger partial charge in [-0.05, 0) is 23.8 Å². The third-order valence-corrected chi connectivity index (χ3v) is 5.21. The maximum atomic E-state index is 5.93. The molecule has 0 aromatic carbocycles. The predicted molar refractivity (Wildman–Crippen MR) is 103 cm³/mol. The predicted octanol–water partition coefficient (Wildman–Crippen LogP) is 2.63. The molecule has 1 aliphatic rings. The zero-order valence-electron chi connectivity index (χ0n) is 15.9. The van der Waals surface area contributed by atoms with Gasteiger partial charge < -0.3 is 24.5 Å². The molecule has 1 aliphatic heterocycles. The minimum absolute atomic E-state index is 0.487. The molecule has 1 unspecified atom stereocenters. The third-order valence-electron chi connectivity index (χ3n) is 5.21. The molecule has 3 aromatic heterocycles. The second kappa shape index (κ2) is 6.92. The summed E-state index contributed by atoms with van der Waals surface area (Å²) >= 11 is 0. The molecule has 0 radical (unpaired) electrons. The summed E-state index contributed by atoms with van der Waals surface area (Å²) in [5, 5.41) is 1.02. The van der Waals surface area contributed by atoms with Crippen LogP contribution in [0.4, 0.5) is 5.82 Å². The van der Waals surface area contributed by atoms with Gasteiger partial charge in [0.1, 0.15) is 11.4 Å². The number of aryl methyl sites for hydroxylation is 1. The van der Waals surface area contributed by atoms with Gasteiger partial charge in [0.05, 0.1) is 36.3 Å². The largest absolute Gasteiger partial charge is 0.384 e. The molecule has 2 N–H and O–H groups in total. The molecule has 142 valence electrons. The van der Waals surface area contributed by atoms with Crippen LogP contribution in [0, 0.1) is 0 Å². The fraction of sp³-hybridized carbons (Fsp3) is 0.400. The van der Waals surface area contributed by atoms with E-state index in [0.717, 1.165) is 39.8 Å². The van der Waals surface area contributed by atoms with Crippen LogP contribution in [0.3, 0.4) is 0 Å². The molecule has 27 heavy (non-hydrogen) atoms. The van der Waals surface area contributed by atoms with Crippen molar-refractivity contribution in [3.8, 4) is 11.3 Å². The van der Waals surface area contributed by atoms with Crippen molar-refractivity contribution < 1.29 is 14.2 Å². The van der Waals surface area contributed by atoms with E-state index in [2.05, 4.69) is 17.2 Å². The standard InChI is InChI=1S/C20H24N4O3/c1-24-10-15(14-8-19(21)22-9-17(14)24)16-6-13(11-25-2)7-18(23-16)20(26-3)4-5-27-12-20/h6-10H,4-5,11-12H2,1-3H3,(H2,21,22). The first kappa shape index (κ1) is 17.9. The summed E-state index contributed by atoms with van der Waals surface area (Å²) in [4.78, 5) is 9.18. The number of aromatic nitrogens is 3. The van der Waals surface area contributed by atoms with Crippen molar-refractivity contribution in [1.29, 1.82) is 0 Å². The highest BCUT2D eigenvalue weighted by Gasteiger charge is 2.38. The molecule has 0 spiro atoms. The van der Waals surface area contributed by atoms with E-state index in [4.69, 9.17) is 24.9 Å². The molecule has 4 heterocycles. The molecular weight excluding hydrogens is 344 g/mol. The Morgan fingerprint density at radius 3 is 2.85 bits per heavy atom.